The summed E-state index contributed by atoms with van der Waals surface area (Å²) in [5.74, 6) is 0.431. The second-order valence-electron chi connectivity index (χ2n) is 5.85. The third-order valence-electron chi connectivity index (χ3n) is 3.85. The molecule has 4 heteroatoms. The molecule has 0 unspecified atom stereocenters. The Balaban J connectivity index is 1.98. The van der Waals surface area contributed by atoms with Crippen LogP contribution < -0.4 is 0 Å². The number of rotatable bonds is 4. The highest BCUT2D eigenvalue weighted by Gasteiger charge is 2.30. The molecule has 1 saturated carbocycles. The van der Waals surface area contributed by atoms with Crippen molar-refractivity contribution in [2.24, 2.45) is 0 Å². The first-order valence-electron chi connectivity index (χ1n) is 7.27. The molecule has 0 aliphatic heterocycles. The molecule has 4 nitrogen and oxygen atoms in total. The standard InChI is InChI=1S/C17H18N2O2/c1-10(2)11-3-7-13(8-4-11)16-18-9-14(17(20)21)15(19-16)12-5-6-12/h3-4,7-10,12H,5-6H2,1-2H3,(H,20,21). The fourth-order valence-electron chi connectivity index (χ4n) is 2.38. The molecule has 2 aromatic rings. The van der Waals surface area contributed by atoms with Gasteiger partial charge in [0, 0.05) is 17.7 Å². The maximum absolute atomic E-state index is 11.2. The number of carboxylic acids is 1. The molecule has 0 amide bonds. The molecule has 0 saturated heterocycles. The number of aromatic carboxylic acids is 1. The van der Waals surface area contributed by atoms with Crippen LogP contribution in [0.5, 0.6) is 0 Å². The molecule has 1 aliphatic carbocycles. The lowest BCUT2D eigenvalue weighted by molar-refractivity contribution is 0.0694. The van der Waals surface area contributed by atoms with E-state index in [0.717, 1.165) is 18.4 Å². The van der Waals surface area contributed by atoms with Crippen molar-refractivity contribution in [3.05, 3.63) is 47.3 Å². The van der Waals surface area contributed by atoms with Crippen molar-refractivity contribution in [3.63, 3.8) is 0 Å². The maximum atomic E-state index is 11.2. The first-order valence-corrected chi connectivity index (χ1v) is 7.27. The molecule has 108 valence electrons. The first-order chi connectivity index (χ1) is 10.1. The second kappa shape index (κ2) is 5.28. The van der Waals surface area contributed by atoms with E-state index in [1.54, 1.807) is 0 Å². The summed E-state index contributed by atoms with van der Waals surface area (Å²) in [6.07, 6.45) is 3.47. The molecule has 1 aromatic carbocycles. The number of benzene rings is 1. The van der Waals surface area contributed by atoms with E-state index >= 15 is 0 Å². The lowest BCUT2D eigenvalue weighted by Gasteiger charge is -2.08. The molecular formula is C17H18N2O2. The summed E-state index contributed by atoms with van der Waals surface area (Å²) in [4.78, 5) is 20.0. The average molecular weight is 282 g/mol. The van der Waals surface area contributed by atoms with Gasteiger partial charge in [-0.15, -0.1) is 0 Å². The van der Waals surface area contributed by atoms with Crippen LogP contribution in [0.4, 0.5) is 0 Å². The molecule has 1 N–H and O–H groups in total. The van der Waals surface area contributed by atoms with E-state index < -0.39 is 5.97 Å². The van der Waals surface area contributed by atoms with Gasteiger partial charge >= 0.3 is 5.97 Å². The van der Waals surface area contributed by atoms with E-state index in [-0.39, 0.29) is 11.5 Å². The lowest BCUT2D eigenvalue weighted by Crippen LogP contribution is -2.06. The number of carbonyl (C=O) groups is 1. The highest BCUT2D eigenvalue weighted by molar-refractivity contribution is 5.89. The number of carboxylic acid groups (broad SMARTS) is 1. The summed E-state index contributed by atoms with van der Waals surface area (Å²) in [7, 11) is 0. The van der Waals surface area contributed by atoms with Crippen molar-refractivity contribution in [2.45, 2.75) is 38.5 Å². The van der Waals surface area contributed by atoms with Crippen LogP contribution in [0.2, 0.25) is 0 Å². The number of hydrogen-bond acceptors (Lipinski definition) is 3. The third kappa shape index (κ3) is 2.79. The van der Waals surface area contributed by atoms with Gasteiger partial charge in [0.05, 0.1) is 11.3 Å². The second-order valence-corrected chi connectivity index (χ2v) is 5.85. The molecule has 0 radical (unpaired) electrons. The predicted octanol–water partition coefficient (Wildman–Crippen LogP) is 3.84. The van der Waals surface area contributed by atoms with Crippen molar-refractivity contribution >= 4 is 5.97 Å². The normalized spacial score (nSPS) is 14.4. The molecule has 1 heterocycles. The van der Waals surface area contributed by atoms with Gasteiger partial charge in [-0.3, -0.25) is 0 Å². The van der Waals surface area contributed by atoms with E-state index in [2.05, 4.69) is 35.9 Å². The van der Waals surface area contributed by atoms with E-state index in [1.807, 2.05) is 12.1 Å². The zero-order valence-corrected chi connectivity index (χ0v) is 12.2. The highest BCUT2D eigenvalue weighted by Crippen LogP contribution is 2.41. The van der Waals surface area contributed by atoms with E-state index in [0.29, 0.717) is 17.4 Å². The van der Waals surface area contributed by atoms with Gasteiger partial charge in [-0.05, 0) is 24.3 Å². The third-order valence-corrected chi connectivity index (χ3v) is 3.85. The van der Waals surface area contributed by atoms with Crippen LogP contribution in [0.3, 0.4) is 0 Å². The Kier molecular flexibility index (Phi) is 3.45. The Morgan fingerprint density at radius 1 is 1.24 bits per heavy atom. The van der Waals surface area contributed by atoms with Crippen molar-refractivity contribution in [2.75, 3.05) is 0 Å². The Labute approximate surface area is 123 Å². The molecule has 0 bridgehead atoms. The average Bonchev–Trinajstić information content (AvgIpc) is 3.31. The SMILES string of the molecule is CC(C)c1ccc(-c2ncc(C(=O)O)c(C3CC3)n2)cc1. The zero-order valence-electron chi connectivity index (χ0n) is 12.2. The minimum absolute atomic E-state index is 0.236. The van der Waals surface area contributed by atoms with Crippen LogP contribution in [0.25, 0.3) is 11.4 Å². The molecule has 3 rings (SSSR count). The van der Waals surface area contributed by atoms with E-state index in [4.69, 9.17) is 0 Å². The quantitative estimate of drug-likeness (QED) is 0.925. The molecule has 1 fully saturated rings. The predicted molar refractivity (Wildman–Crippen MR) is 80.5 cm³/mol. The Morgan fingerprint density at radius 2 is 1.90 bits per heavy atom. The minimum Gasteiger partial charge on any atom is -0.478 e. The zero-order chi connectivity index (χ0) is 15.0. The van der Waals surface area contributed by atoms with Crippen molar-refractivity contribution in [1.29, 1.82) is 0 Å². The largest absolute Gasteiger partial charge is 0.478 e. The van der Waals surface area contributed by atoms with Crippen molar-refractivity contribution in [1.82, 2.24) is 9.97 Å². The summed E-state index contributed by atoms with van der Waals surface area (Å²) in [6.45, 7) is 4.30. The first kappa shape index (κ1) is 13.7. The Bertz CT molecular complexity index is 674. The smallest absolute Gasteiger partial charge is 0.339 e. The van der Waals surface area contributed by atoms with Gasteiger partial charge in [0.25, 0.3) is 0 Å². The number of aromatic nitrogens is 2. The van der Waals surface area contributed by atoms with Crippen molar-refractivity contribution < 1.29 is 9.90 Å². The van der Waals surface area contributed by atoms with Crippen LogP contribution in [-0.4, -0.2) is 21.0 Å². The van der Waals surface area contributed by atoms with Gasteiger partial charge in [0.1, 0.15) is 0 Å². The van der Waals surface area contributed by atoms with Gasteiger partial charge in [-0.2, -0.15) is 0 Å². The Morgan fingerprint density at radius 3 is 2.43 bits per heavy atom. The summed E-state index contributed by atoms with van der Waals surface area (Å²) < 4.78 is 0. The number of hydrogen-bond donors (Lipinski definition) is 1. The monoisotopic (exact) mass is 282 g/mol. The molecule has 0 spiro atoms. The van der Waals surface area contributed by atoms with Crippen LogP contribution in [0.15, 0.2) is 30.5 Å². The minimum atomic E-state index is -0.946. The van der Waals surface area contributed by atoms with Gasteiger partial charge < -0.3 is 5.11 Å². The topological polar surface area (TPSA) is 63.1 Å². The molecule has 1 aliphatic rings. The molecule has 0 atom stereocenters. The Hall–Kier alpha value is -2.23. The van der Waals surface area contributed by atoms with Gasteiger partial charge in [0.15, 0.2) is 5.82 Å². The van der Waals surface area contributed by atoms with Gasteiger partial charge in [-0.1, -0.05) is 38.1 Å². The number of nitrogens with zero attached hydrogens (tertiary/aromatic N) is 2. The maximum Gasteiger partial charge on any atom is 0.339 e. The lowest BCUT2D eigenvalue weighted by atomic mass is 10.0. The summed E-state index contributed by atoms with van der Waals surface area (Å²) in [5.41, 5.74) is 3.11. The van der Waals surface area contributed by atoms with Crippen molar-refractivity contribution in [3.8, 4) is 11.4 Å². The summed E-state index contributed by atoms with van der Waals surface area (Å²) in [5, 5.41) is 9.22. The fraction of sp³-hybridized carbons (Fsp3) is 0.353. The van der Waals surface area contributed by atoms with Gasteiger partial charge in [0.2, 0.25) is 0 Å². The van der Waals surface area contributed by atoms with Crippen LogP contribution in [0, 0.1) is 0 Å². The fourth-order valence-corrected chi connectivity index (χ4v) is 2.38. The molecule has 21 heavy (non-hydrogen) atoms. The molecular weight excluding hydrogens is 264 g/mol. The summed E-state index contributed by atoms with van der Waals surface area (Å²) >= 11 is 0. The van der Waals surface area contributed by atoms with Gasteiger partial charge in [-0.25, -0.2) is 14.8 Å². The van der Waals surface area contributed by atoms with E-state index in [9.17, 15) is 9.90 Å². The highest BCUT2D eigenvalue weighted by atomic mass is 16.4. The van der Waals surface area contributed by atoms with Crippen LogP contribution in [-0.2, 0) is 0 Å². The van der Waals surface area contributed by atoms with E-state index in [1.165, 1.54) is 11.8 Å². The molecule has 1 aromatic heterocycles. The van der Waals surface area contributed by atoms with Crippen LogP contribution in [0.1, 0.15) is 60.1 Å². The summed E-state index contributed by atoms with van der Waals surface area (Å²) in [6, 6.07) is 8.15. The van der Waals surface area contributed by atoms with Crippen LogP contribution >= 0.6 is 0 Å².